The van der Waals surface area contributed by atoms with Gasteiger partial charge in [-0.2, -0.15) is 0 Å². The summed E-state index contributed by atoms with van der Waals surface area (Å²) in [7, 11) is 1.52. The average Bonchev–Trinajstić information content (AvgIpc) is 3.36. The van der Waals surface area contributed by atoms with Gasteiger partial charge < -0.3 is 25.1 Å². The van der Waals surface area contributed by atoms with Crippen molar-refractivity contribution in [2.24, 2.45) is 0 Å². The fraction of sp³-hybridized carbons (Fsp3) is 0.455. The highest BCUT2D eigenvalue weighted by Gasteiger charge is 2.26. The summed E-state index contributed by atoms with van der Waals surface area (Å²) in [6.07, 6.45) is 3.08. The highest BCUT2D eigenvalue weighted by Crippen LogP contribution is 2.37. The number of nitrogens with one attached hydrogen (secondary N) is 1. The van der Waals surface area contributed by atoms with Crippen molar-refractivity contribution in [1.82, 2.24) is 24.8 Å². The summed E-state index contributed by atoms with van der Waals surface area (Å²) in [6, 6.07) is 4.26. The fourth-order valence-corrected chi connectivity index (χ4v) is 4.50. The molecule has 4 rings (SSSR count). The van der Waals surface area contributed by atoms with Gasteiger partial charge in [0.05, 0.1) is 6.61 Å². The molecule has 9 nitrogen and oxygen atoms in total. The molecular formula is C22H28N6O3S. The third-order valence-electron chi connectivity index (χ3n) is 5.61. The number of benzene rings is 1. The van der Waals surface area contributed by atoms with E-state index in [-0.39, 0.29) is 5.91 Å². The largest absolute Gasteiger partial charge is 0.493 e. The number of hydrogen-bond donors (Lipinski definition) is 2. The minimum absolute atomic E-state index is 0.148. The van der Waals surface area contributed by atoms with E-state index < -0.39 is 5.60 Å². The van der Waals surface area contributed by atoms with Crippen LogP contribution in [-0.2, 0) is 22.5 Å². The second-order valence-electron chi connectivity index (χ2n) is 8.23. The second kappa shape index (κ2) is 8.95. The molecule has 0 aliphatic carbocycles. The summed E-state index contributed by atoms with van der Waals surface area (Å²) in [4.78, 5) is 26.5. The van der Waals surface area contributed by atoms with Crippen LogP contribution in [0.3, 0.4) is 0 Å². The Morgan fingerprint density at radius 3 is 2.97 bits per heavy atom. The molecule has 0 saturated carbocycles. The maximum Gasteiger partial charge on any atom is 0.251 e. The van der Waals surface area contributed by atoms with Gasteiger partial charge in [-0.25, -0.2) is 15.0 Å². The lowest BCUT2D eigenvalue weighted by Gasteiger charge is -2.21. The van der Waals surface area contributed by atoms with Crippen molar-refractivity contribution in [2.75, 3.05) is 26.0 Å². The molecular weight excluding hydrogens is 428 g/mol. The molecule has 0 bridgehead atoms. The lowest BCUT2D eigenvalue weighted by molar-refractivity contribution is -0.139. The first-order valence-corrected chi connectivity index (χ1v) is 11.4. The van der Waals surface area contributed by atoms with Crippen LogP contribution in [0, 0.1) is 6.92 Å². The molecule has 0 saturated heterocycles. The zero-order valence-corrected chi connectivity index (χ0v) is 19.6. The van der Waals surface area contributed by atoms with E-state index in [9.17, 15) is 4.79 Å². The Balaban J connectivity index is 1.56. The number of ether oxygens (including phenoxy) is 2. The van der Waals surface area contributed by atoms with Crippen molar-refractivity contribution in [3.05, 3.63) is 29.6 Å². The summed E-state index contributed by atoms with van der Waals surface area (Å²) < 4.78 is 13.0. The molecule has 3 heterocycles. The van der Waals surface area contributed by atoms with Gasteiger partial charge in [-0.1, -0.05) is 17.8 Å². The Morgan fingerprint density at radius 2 is 2.19 bits per heavy atom. The molecule has 3 N–H and O–H groups in total. The highest BCUT2D eigenvalue weighted by atomic mass is 32.2. The van der Waals surface area contributed by atoms with E-state index in [1.807, 2.05) is 4.57 Å². The number of nitrogens with two attached hydrogens (primary N) is 1. The first-order chi connectivity index (χ1) is 15.3. The number of anilines is 1. The van der Waals surface area contributed by atoms with Gasteiger partial charge in [0.2, 0.25) is 0 Å². The Kier molecular flexibility index (Phi) is 6.25. The molecule has 0 atom stereocenters. The first-order valence-electron chi connectivity index (χ1n) is 10.5. The molecule has 1 aliphatic rings. The molecule has 170 valence electrons. The summed E-state index contributed by atoms with van der Waals surface area (Å²) in [5, 5.41) is 3.70. The monoisotopic (exact) mass is 456 g/mol. The predicted octanol–water partition coefficient (Wildman–Crippen LogP) is 2.73. The maximum atomic E-state index is 12.2. The van der Waals surface area contributed by atoms with E-state index in [1.54, 1.807) is 25.6 Å². The number of fused-ring (bicyclic) bond motifs is 2. The summed E-state index contributed by atoms with van der Waals surface area (Å²) >= 11 is 1.55. The third-order valence-corrected chi connectivity index (χ3v) is 6.77. The van der Waals surface area contributed by atoms with Crippen LogP contribution in [0.4, 0.5) is 5.82 Å². The standard InChI is InChI=1S/C22H28N6O3S/c1-13-10-14-6-9-31-15(14)11-16(13)32-21-27-17-18(23)25-12-26-19(17)28(21)8-5-7-24-20(29)22(2,3)30-4/h10-12H,5-9H2,1-4H3,(H,24,29)(H2,23,25,26). The Morgan fingerprint density at radius 1 is 1.38 bits per heavy atom. The van der Waals surface area contributed by atoms with Gasteiger partial charge in [-0.05, 0) is 44.4 Å². The molecule has 10 heteroatoms. The number of rotatable bonds is 8. The van der Waals surface area contributed by atoms with Gasteiger partial charge in [0.1, 0.15) is 17.7 Å². The molecule has 0 radical (unpaired) electrons. The molecule has 0 unspecified atom stereocenters. The van der Waals surface area contributed by atoms with E-state index >= 15 is 0 Å². The molecule has 0 spiro atoms. The van der Waals surface area contributed by atoms with Gasteiger partial charge in [-0.15, -0.1) is 0 Å². The van der Waals surface area contributed by atoms with Crippen LogP contribution in [0.1, 0.15) is 31.4 Å². The van der Waals surface area contributed by atoms with E-state index in [0.29, 0.717) is 36.5 Å². The number of aromatic nitrogens is 4. The normalized spacial score (nSPS) is 13.2. The van der Waals surface area contributed by atoms with Gasteiger partial charge in [0.15, 0.2) is 22.1 Å². The molecule has 1 amide bonds. The second-order valence-corrected chi connectivity index (χ2v) is 9.24. The zero-order valence-electron chi connectivity index (χ0n) is 18.8. The number of nitrogen functional groups attached to an aromatic ring is 1. The van der Waals surface area contributed by atoms with Crippen molar-refractivity contribution in [3.8, 4) is 5.75 Å². The topological polar surface area (TPSA) is 117 Å². The Hall–Kier alpha value is -2.85. The summed E-state index contributed by atoms with van der Waals surface area (Å²) in [5.74, 6) is 1.13. The van der Waals surface area contributed by atoms with E-state index in [1.165, 1.54) is 24.6 Å². The number of carbonyl (C=O) groups is 1. The minimum Gasteiger partial charge on any atom is -0.493 e. The van der Waals surface area contributed by atoms with Crippen LogP contribution < -0.4 is 15.8 Å². The number of carbonyl (C=O) groups excluding carboxylic acids is 1. The molecule has 0 fully saturated rings. The predicted molar refractivity (Wildman–Crippen MR) is 123 cm³/mol. The number of aryl methyl sites for hydroxylation is 2. The number of imidazole rings is 1. The van der Waals surface area contributed by atoms with Crippen LogP contribution in [0.2, 0.25) is 0 Å². The summed E-state index contributed by atoms with van der Waals surface area (Å²) in [6.45, 7) is 7.41. The van der Waals surface area contributed by atoms with Crippen LogP contribution in [0.15, 0.2) is 28.5 Å². The molecule has 3 aromatic rings. The number of methoxy groups -OCH3 is 1. The average molecular weight is 457 g/mol. The molecule has 2 aromatic heterocycles. The van der Waals surface area contributed by atoms with Gasteiger partial charge in [0, 0.05) is 31.5 Å². The van der Waals surface area contributed by atoms with Crippen molar-refractivity contribution >= 4 is 34.7 Å². The number of nitrogens with zero attached hydrogens (tertiary/aromatic N) is 4. The van der Waals surface area contributed by atoms with Gasteiger partial charge >= 0.3 is 0 Å². The third kappa shape index (κ3) is 4.37. The quantitative estimate of drug-likeness (QED) is 0.497. The number of hydrogen-bond acceptors (Lipinski definition) is 8. The fourth-order valence-electron chi connectivity index (χ4n) is 3.50. The van der Waals surface area contributed by atoms with E-state index in [4.69, 9.17) is 20.2 Å². The molecule has 1 aliphatic heterocycles. The van der Waals surface area contributed by atoms with Crippen LogP contribution >= 0.6 is 11.8 Å². The molecule has 1 aromatic carbocycles. The van der Waals surface area contributed by atoms with Gasteiger partial charge in [-0.3, -0.25) is 4.79 Å². The van der Waals surface area contributed by atoms with Crippen LogP contribution in [-0.4, -0.2) is 51.3 Å². The van der Waals surface area contributed by atoms with Crippen molar-refractivity contribution in [2.45, 2.75) is 55.8 Å². The highest BCUT2D eigenvalue weighted by molar-refractivity contribution is 7.99. The lowest BCUT2D eigenvalue weighted by atomic mass is 10.1. The summed E-state index contributed by atoms with van der Waals surface area (Å²) in [5.41, 5.74) is 8.87. The number of amides is 1. The minimum atomic E-state index is -0.864. The van der Waals surface area contributed by atoms with Crippen LogP contribution in [0.25, 0.3) is 11.2 Å². The Bertz CT molecular complexity index is 1160. The van der Waals surface area contributed by atoms with Crippen molar-refractivity contribution in [3.63, 3.8) is 0 Å². The lowest BCUT2D eigenvalue weighted by Crippen LogP contribution is -2.44. The van der Waals surface area contributed by atoms with Gasteiger partial charge in [0.25, 0.3) is 5.91 Å². The smallest absolute Gasteiger partial charge is 0.251 e. The molecule has 32 heavy (non-hydrogen) atoms. The SMILES string of the molecule is COC(C)(C)C(=O)NCCCn1c(Sc2cc3c(cc2C)CCO3)nc2c(N)ncnc21. The Labute approximate surface area is 191 Å². The van der Waals surface area contributed by atoms with Crippen LogP contribution in [0.5, 0.6) is 5.75 Å². The van der Waals surface area contributed by atoms with Crippen molar-refractivity contribution < 1.29 is 14.3 Å². The first kappa shape index (κ1) is 22.3. The van der Waals surface area contributed by atoms with E-state index in [0.717, 1.165) is 28.8 Å². The maximum absolute atomic E-state index is 12.2. The zero-order chi connectivity index (χ0) is 22.9. The van der Waals surface area contributed by atoms with E-state index in [2.05, 4.69) is 34.3 Å². The van der Waals surface area contributed by atoms with Crippen molar-refractivity contribution in [1.29, 1.82) is 0 Å².